The number of halogens is 2. The van der Waals surface area contributed by atoms with Crippen molar-refractivity contribution in [1.82, 2.24) is 9.99 Å². The number of hydrogen-bond donors (Lipinski definition) is 1. The van der Waals surface area contributed by atoms with E-state index in [2.05, 4.69) is 72.9 Å². The number of methoxy groups -OCH3 is 1. The number of hydrazone groups is 1. The Morgan fingerprint density at radius 1 is 1.00 bits per heavy atom. The number of esters is 1. The second-order valence-electron chi connectivity index (χ2n) is 8.92. The molecule has 2 heterocycles. The molecule has 0 aliphatic carbocycles. The summed E-state index contributed by atoms with van der Waals surface area (Å²) in [5.41, 5.74) is 6.38. The van der Waals surface area contributed by atoms with Gasteiger partial charge in [0.25, 0.3) is 0 Å². The van der Waals surface area contributed by atoms with Gasteiger partial charge in [-0.3, -0.25) is 4.79 Å². The minimum atomic E-state index is -0.532. The molecule has 0 aliphatic heterocycles. The number of amides is 1. The summed E-state index contributed by atoms with van der Waals surface area (Å²) in [5.74, 6) is 0.873. The van der Waals surface area contributed by atoms with Gasteiger partial charge >= 0.3 is 11.9 Å². The molecule has 1 N–H and O–H groups in total. The molecule has 2 aromatic heterocycles. The number of nitrogens with one attached hydrogen (secondary N) is 1. The van der Waals surface area contributed by atoms with E-state index in [4.69, 9.17) is 23.4 Å². The zero-order chi connectivity index (χ0) is 30.2. The number of furan rings is 1. The van der Waals surface area contributed by atoms with Gasteiger partial charge in [-0.15, -0.1) is 0 Å². The summed E-state index contributed by atoms with van der Waals surface area (Å²) in [6.45, 7) is 5.96. The Bertz CT molecular complexity index is 1570. The highest BCUT2D eigenvalue weighted by Gasteiger charge is 2.18. The molecule has 12 heteroatoms. The summed E-state index contributed by atoms with van der Waals surface area (Å²) in [6, 6.07) is 16.8. The quantitative estimate of drug-likeness (QED) is 0.102. The van der Waals surface area contributed by atoms with Gasteiger partial charge in [-0.25, -0.2) is 10.2 Å². The van der Waals surface area contributed by atoms with Crippen molar-refractivity contribution in [3.05, 3.63) is 92.0 Å². The van der Waals surface area contributed by atoms with Crippen molar-refractivity contribution >= 4 is 50.0 Å². The molecule has 0 aliphatic rings. The van der Waals surface area contributed by atoms with E-state index in [1.165, 1.54) is 13.3 Å². The summed E-state index contributed by atoms with van der Waals surface area (Å²) in [4.78, 5) is 24.3. The van der Waals surface area contributed by atoms with Crippen molar-refractivity contribution in [1.29, 1.82) is 0 Å². The van der Waals surface area contributed by atoms with E-state index in [9.17, 15) is 9.59 Å². The summed E-state index contributed by atoms with van der Waals surface area (Å²) < 4.78 is 30.6. The maximum absolute atomic E-state index is 12.6. The molecule has 0 bridgehead atoms. The molecule has 4 aromatic rings. The van der Waals surface area contributed by atoms with E-state index in [0.717, 1.165) is 17.1 Å². The predicted octanol–water partition coefficient (Wildman–Crippen LogP) is 6.51. The molecule has 0 saturated heterocycles. The summed E-state index contributed by atoms with van der Waals surface area (Å²) >= 11 is 6.91. The van der Waals surface area contributed by atoms with Crippen LogP contribution in [0.4, 0.5) is 0 Å². The van der Waals surface area contributed by atoms with Crippen LogP contribution in [0.3, 0.4) is 0 Å². The standard InChI is InChI=1S/C30H29Br2N3O7/c1-5-39-26(36)17-41-29-25(38-4)14-20(27(31)28(29)32)15-33-34-30(37)24-13-12-23(42-24)16-40-22-10-8-21(9-11-22)35-18(2)6-7-19(35)3/h6-15H,5,16-17H2,1-4H3,(H,34,37)/b33-15+. The van der Waals surface area contributed by atoms with Gasteiger partial charge in [-0.2, -0.15) is 5.10 Å². The highest BCUT2D eigenvalue weighted by atomic mass is 79.9. The van der Waals surface area contributed by atoms with Gasteiger partial charge in [0.05, 0.1) is 24.4 Å². The van der Waals surface area contributed by atoms with Crippen molar-refractivity contribution in [2.75, 3.05) is 20.3 Å². The first-order valence-electron chi connectivity index (χ1n) is 12.9. The molecule has 0 atom stereocenters. The van der Waals surface area contributed by atoms with E-state index in [-0.39, 0.29) is 25.6 Å². The van der Waals surface area contributed by atoms with Crippen LogP contribution >= 0.6 is 31.9 Å². The van der Waals surface area contributed by atoms with Gasteiger partial charge in [0.15, 0.2) is 23.9 Å². The second kappa shape index (κ2) is 14.2. The zero-order valence-electron chi connectivity index (χ0n) is 23.4. The van der Waals surface area contributed by atoms with Gasteiger partial charge in [0, 0.05) is 27.1 Å². The molecule has 0 unspecified atom stereocenters. The Kier molecular flexibility index (Phi) is 10.5. The molecular weight excluding hydrogens is 674 g/mol. The summed E-state index contributed by atoms with van der Waals surface area (Å²) in [5, 5.41) is 4.03. The minimum absolute atomic E-state index is 0.0835. The van der Waals surface area contributed by atoms with Gasteiger partial charge in [-0.05, 0) is 107 Å². The van der Waals surface area contributed by atoms with Crippen LogP contribution in [0, 0.1) is 13.8 Å². The molecule has 42 heavy (non-hydrogen) atoms. The second-order valence-corrected chi connectivity index (χ2v) is 10.5. The van der Waals surface area contributed by atoms with E-state index in [1.54, 1.807) is 25.1 Å². The van der Waals surface area contributed by atoms with Gasteiger partial charge in [-0.1, -0.05) is 0 Å². The lowest BCUT2D eigenvalue weighted by Crippen LogP contribution is -2.17. The zero-order valence-corrected chi connectivity index (χ0v) is 26.6. The third-order valence-electron chi connectivity index (χ3n) is 6.02. The smallest absolute Gasteiger partial charge is 0.344 e. The third kappa shape index (κ3) is 7.42. The average molecular weight is 703 g/mol. The van der Waals surface area contributed by atoms with Gasteiger partial charge in [0.1, 0.15) is 18.1 Å². The number of carbonyl (C=O) groups is 2. The molecule has 4 rings (SSSR count). The highest BCUT2D eigenvalue weighted by molar-refractivity contribution is 9.13. The van der Waals surface area contributed by atoms with E-state index in [0.29, 0.717) is 37.5 Å². The molecule has 0 radical (unpaired) electrons. The Hall–Kier alpha value is -4.03. The van der Waals surface area contributed by atoms with E-state index < -0.39 is 11.9 Å². The van der Waals surface area contributed by atoms with Crippen LogP contribution in [0.2, 0.25) is 0 Å². The predicted molar refractivity (Wildman–Crippen MR) is 164 cm³/mol. The van der Waals surface area contributed by atoms with Gasteiger partial charge < -0.3 is 27.9 Å². The van der Waals surface area contributed by atoms with Crippen molar-refractivity contribution < 1.29 is 33.0 Å². The first-order valence-corrected chi connectivity index (χ1v) is 14.4. The SMILES string of the molecule is CCOC(=O)COc1c(OC)cc(/C=N/NC(=O)c2ccc(COc3ccc(-n4c(C)ccc4C)cc3)o2)c(Br)c1Br. The average Bonchev–Trinajstić information content (AvgIpc) is 3.60. The number of aromatic nitrogens is 1. The molecule has 0 fully saturated rings. The number of aryl methyl sites for hydroxylation is 2. The van der Waals surface area contributed by atoms with Crippen molar-refractivity contribution in [2.45, 2.75) is 27.4 Å². The van der Waals surface area contributed by atoms with Crippen LogP contribution in [-0.4, -0.2) is 43.0 Å². The third-order valence-corrected chi connectivity index (χ3v) is 8.16. The number of ether oxygens (including phenoxy) is 4. The van der Waals surface area contributed by atoms with Crippen LogP contribution in [0.25, 0.3) is 5.69 Å². The lowest BCUT2D eigenvalue weighted by molar-refractivity contribution is -0.145. The molecular formula is C30H29Br2N3O7. The summed E-state index contributed by atoms with van der Waals surface area (Å²) in [7, 11) is 1.47. The Morgan fingerprint density at radius 2 is 1.71 bits per heavy atom. The fourth-order valence-electron chi connectivity index (χ4n) is 4.03. The normalized spacial score (nSPS) is 11.0. The number of rotatable bonds is 12. The first kappa shape index (κ1) is 30.9. The molecule has 0 saturated carbocycles. The Balaban J connectivity index is 1.34. The van der Waals surface area contributed by atoms with E-state index >= 15 is 0 Å². The van der Waals surface area contributed by atoms with Gasteiger partial charge in [0.2, 0.25) is 0 Å². The summed E-state index contributed by atoms with van der Waals surface area (Å²) in [6.07, 6.45) is 1.43. The van der Waals surface area contributed by atoms with Crippen molar-refractivity contribution in [3.8, 4) is 22.9 Å². The number of nitrogens with zero attached hydrogens (tertiary/aromatic N) is 2. The Morgan fingerprint density at radius 3 is 2.38 bits per heavy atom. The van der Waals surface area contributed by atoms with Crippen molar-refractivity contribution in [3.63, 3.8) is 0 Å². The fourth-order valence-corrected chi connectivity index (χ4v) is 4.97. The molecule has 220 valence electrons. The number of hydrogen-bond acceptors (Lipinski definition) is 8. The van der Waals surface area contributed by atoms with Crippen molar-refractivity contribution in [2.24, 2.45) is 5.10 Å². The number of benzene rings is 2. The topological polar surface area (TPSA) is 114 Å². The molecule has 1 amide bonds. The molecule has 10 nitrogen and oxygen atoms in total. The lowest BCUT2D eigenvalue weighted by Gasteiger charge is -2.14. The monoisotopic (exact) mass is 701 g/mol. The van der Waals surface area contributed by atoms with Crippen LogP contribution in [0.5, 0.6) is 17.2 Å². The van der Waals surface area contributed by atoms with Crippen LogP contribution in [0.15, 0.2) is 73.1 Å². The Labute approximate surface area is 259 Å². The largest absolute Gasteiger partial charge is 0.493 e. The number of carbonyl (C=O) groups excluding carboxylic acids is 2. The highest BCUT2D eigenvalue weighted by Crippen LogP contribution is 2.42. The van der Waals surface area contributed by atoms with Crippen LogP contribution < -0.4 is 19.6 Å². The maximum atomic E-state index is 12.6. The first-order chi connectivity index (χ1) is 20.2. The van der Waals surface area contributed by atoms with Crippen LogP contribution in [-0.2, 0) is 16.1 Å². The van der Waals surface area contributed by atoms with E-state index in [1.807, 2.05) is 24.3 Å². The lowest BCUT2D eigenvalue weighted by atomic mass is 10.2. The fraction of sp³-hybridized carbons (Fsp3) is 0.233. The van der Waals surface area contributed by atoms with Crippen LogP contribution in [0.1, 0.15) is 40.2 Å². The maximum Gasteiger partial charge on any atom is 0.344 e. The molecule has 2 aromatic carbocycles. The minimum Gasteiger partial charge on any atom is -0.493 e. The molecule has 0 spiro atoms.